The average Bonchev–Trinajstić information content (AvgIpc) is 3.93. The Morgan fingerprint density at radius 1 is 0.375 bits per heavy atom. The van der Waals surface area contributed by atoms with Crippen molar-refractivity contribution in [3.8, 4) is 16.8 Å². The van der Waals surface area contributed by atoms with Crippen LogP contribution in [0.25, 0.3) is 93.3 Å². The van der Waals surface area contributed by atoms with E-state index >= 15 is 0 Å². The zero-order valence-electron chi connectivity index (χ0n) is 30.2. The fourth-order valence-corrected chi connectivity index (χ4v) is 8.83. The average molecular weight is 717 g/mol. The molecular weight excluding hydrogens is 685 g/mol. The summed E-state index contributed by atoms with van der Waals surface area (Å²) < 4.78 is 15.5. The third-order valence-corrected chi connectivity index (χ3v) is 11.3. The topological polar surface area (TPSA) is 34.5 Å². The fraction of sp³-hybridized carbons (Fsp3) is 0. The van der Waals surface area contributed by atoms with Gasteiger partial charge in [-0.05, 0) is 89.1 Å². The minimum Gasteiger partial charge on any atom is -0.456 e. The molecule has 0 radical (unpaired) electrons. The van der Waals surface area contributed by atoms with Gasteiger partial charge < -0.3 is 18.3 Å². The van der Waals surface area contributed by atoms with Crippen LogP contribution in [0.3, 0.4) is 0 Å². The summed E-state index contributed by atoms with van der Waals surface area (Å²) >= 11 is 0. The number of hydrogen-bond donors (Lipinski definition) is 0. The monoisotopic (exact) mass is 716 g/mol. The maximum Gasteiger partial charge on any atom is 0.159 e. The lowest BCUT2D eigenvalue weighted by Gasteiger charge is -2.28. The summed E-state index contributed by atoms with van der Waals surface area (Å²) in [5, 5.41) is 9.22. The van der Waals surface area contributed by atoms with E-state index < -0.39 is 0 Å². The Hall–Kier alpha value is -7.56. The van der Waals surface area contributed by atoms with Crippen molar-refractivity contribution in [2.75, 3.05) is 4.90 Å². The van der Waals surface area contributed by atoms with E-state index in [0.717, 1.165) is 77.8 Å². The molecule has 0 unspecified atom stereocenters. The van der Waals surface area contributed by atoms with Crippen molar-refractivity contribution in [3.63, 3.8) is 0 Å². The Balaban J connectivity index is 1.11. The SMILES string of the molecule is c1cc(N(c2ccccc2-c2ccc3oc4cc5ccccc5cc4c3c2)c2cccc3c2oc2ccccc23)cc(-n2c3ccccc3c3ccccc32)c1. The molecule has 0 aliphatic carbocycles. The number of furan rings is 2. The molecule has 0 saturated carbocycles. The van der Waals surface area contributed by atoms with Crippen LogP contribution >= 0.6 is 0 Å². The van der Waals surface area contributed by atoms with Gasteiger partial charge in [0.25, 0.3) is 0 Å². The smallest absolute Gasteiger partial charge is 0.159 e. The zero-order chi connectivity index (χ0) is 36.7. The van der Waals surface area contributed by atoms with Crippen LogP contribution < -0.4 is 4.90 Å². The van der Waals surface area contributed by atoms with Gasteiger partial charge in [-0.25, -0.2) is 0 Å². The highest BCUT2D eigenvalue weighted by atomic mass is 16.3. The summed E-state index contributed by atoms with van der Waals surface area (Å²) in [6.07, 6.45) is 0. The van der Waals surface area contributed by atoms with Gasteiger partial charge in [0.05, 0.1) is 22.4 Å². The van der Waals surface area contributed by atoms with Gasteiger partial charge in [0.2, 0.25) is 0 Å². The van der Waals surface area contributed by atoms with Crippen molar-refractivity contribution in [2.24, 2.45) is 0 Å². The lowest BCUT2D eigenvalue weighted by atomic mass is 9.99. The highest BCUT2D eigenvalue weighted by Gasteiger charge is 2.23. The van der Waals surface area contributed by atoms with Gasteiger partial charge in [0, 0.05) is 49.3 Å². The van der Waals surface area contributed by atoms with Crippen LogP contribution in [0.2, 0.25) is 0 Å². The van der Waals surface area contributed by atoms with Gasteiger partial charge in [-0.3, -0.25) is 0 Å². The number of hydrogen-bond acceptors (Lipinski definition) is 3. The first-order valence-corrected chi connectivity index (χ1v) is 19.0. The van der Waals surface area contributed by atoms with Crippen LogP contribution in [0.15, 0.2) is 203 Å². The molecule has 0 fully saturated rings. The number of rotatable bonds is 5. The Morgan fingerprint density at radius 3 is 1.84 bits per heavy atom. The molecule has 0 aliphatic rings. The molecule has 9 aromatic carbocycles. The van der Waals surface area contributed by atoms with Gasteiger partial charge in [-0.1, -0.05) is 121 Å². The van der Waals surface area contributed by atoms with E-state index in [-0.39, 0.29) is 0 Å². The summed E-state index contributed by atoms with van der Waals surface area (Å²) in [7, 11) is 0. The van der Waals surface area contributed by atoms with E-state index in [9.17, 15) is 0 Å². The first-order chi connectivity index (χ1) is 27.8. The minimum atomic E-state index is 0.842. The summed E-state index contributed by atoms with van der Waals surface area (Å²) in [4.78, 5) is 2.36. The molecule has 0 spiro atoms. The largest absolute Gasteiger partial charge is 0.456 e. The van der Waals surface area contributed by atoms with Gasteiger partial charge in [0.1, 0.15) is 16.7 Å². The molecule has 0 atom stereocenters. The second-order valence-corrected chi connectivity index (χ2v) is 14.5. The van der Waals surface area contributed by atoms with Crippen molar-refractivity contribution in [1.29, 1.82) is 0 Å². The van der Waals surface area contributed by atoms with Crippen LogP contribution in [0.5, 0.6) is 0 Å². The van der Waals surface area contributed by atoms with E-state index in [1.165, 1.54) is 32.6 Å². The number of aromatic nitrogens is 1. The molecule has 0 amide bonds. The molecule has 12 rings (SSSR count). The lowest BCUT2D eigenvalue weighted by molar-refractivity contribution is 0.669. The molecule has 56 heavy (non-hydrogen) atoms. The van der Waals surface area contributed by atoms with Gasteiger partial charge >= 0.3 is 0 Å². The Labute approximate surface area is 321 Å². The molecule has 0 bridgehead atoms. The van der Waals surface area contributed by atoms with Crippen molar-refractivity contribution >= 4 is 93.5 Å². The Morgan fingerprint density at radius 2 is 1.00 bits per heavy atom. The predicted octanol–water partition coefficient (Wildman–Crippen LogP) is 14.9. The molecule has 4 nitrogen and oxygen atoms in total. The second kappa shape index (κ2) is 12.0. The second-order valence-electron chi connectivity index (χ2n) is 14.5. The maximum absolute atomic E-state index is 6.74. The number of para-hydroxylation sites is 5. The molecule has 12 aromatic rings. The fourth-order valence-electron chi connectivity index (χ4n) is 8.83. The van der Waals surface area contributed by atoms with Crippen molar-refractivity contribution in [2.45, 2.75) is 0 Å². The molecule has 4 heteroatoms. The van der Waals surface area contributed by atoms with Gasteiger partial charge in [-0.2, -0.15) is 0 Å². The number of fused-ring (bicyclic) bond motifs is 10. The molecule has 262 valence electrons. The van der Waals surface area contributed by atoms with Crippen molar-refractivity contribution in [3.05, 3.63) is 194 Å². The summed E-state index contributed by atoms with van der Waals surface area (Å²) in [5.74, 6) is 0. The van der Waals surface area contributed by atoms with Crippen molar-refractivity contribution in [1.82, 2.24) is 4.57 Å². The Bertz CT molecular complexity index is 3460. The molecular formula is C52H32N2O2. The zero-order valence-corrected chi connectivity index (χ0v) is 30.2. The molecule has 0 saturated heterocycles. The number of anilines is 3. The minimum absolute atomic E-state index is 0.842. The lowest BCUT2D eigenvalue weighted by Crippen LogP contribution is -2.12. The summed E-state index contributed by atoms with van der Waals surface area (Å²) in [6.45, 7) is 0. The van der Waals surface area contributed by atoms with Gasteiger partial charge in [0.15, 0.2) is 5.58 Å². The van der Waals surface area contributed by atoms with Crippen LogP contribution in [-0.4, -0.2) is 4.57 Å². The first-order valence-electron chi connectivity index (χ1n) is 19.0. The first kappa shape index (κ1) is 30.9. The summed E-state index contributed by atoms with van der Waals surface area (Å²) in [6, 6.07) is 69.1. The van der Waals surface area contributed by atoms with Crippen LogP contribution in [0, 0.1) is 0 Å². The number of nitrogens with zero attached hydrogens (tertiary/aromatic N) is 2. The molecule has 3 heterocycles. The van der Waals surface area contributed by atoms with Crippen molar-refractivity contribution < 1.29 is 8.83 Å². The standard InChI is InChI=1S/C52H32N2O2/c1-2-14-34-31-51-44(29-33(34)13-1)43-30-35(27-28-50(43)55-51)38-17-3-7-22-45(38)54(48-25-12-21-42-41-20-6-10-26-49(41)56-52(42)48)37-16-11-15-36(32-37)53-46-23-8-4-18-39(46)40-19-5-9-24-47(40)53/h1-32H. The number of benzene rings is 9. The third-order valence-electron chi connectivity index (χ3n) is 11.3. The van der Waals surface area contributed by atoms with Gasteiger partial charge in [-0.15, -0.1) is 0 Å². The quantitative estimate of drug-likeness (QED) is 0.178. The van der Waals surface area contributed by atoms with E-state index in [2.05, 4.69) is 191 Å². The molecule has 0 N–H and O–H groups in total. The molecule has 0 aliphatic heterocycles. The third kappa shape index (κ3) is 4.60. The van der Waals surface area contributed by atoms with E-state index in [4.69, 9.17) is 8.83 Å². The van der Waals surface area contributed by atoms with E-state index in [0.29, 0.717) is 0 Å². The Kier molecular flexibility index (Phi) is 6.60. The molecule has 3 aromatic heterocycles. The van der Waals surface area contributed by atoms with Crippen LogP contribution in [0.4, 0.5) is 17.1 Å². The highest BCUT2D eigenvalue weighted by molar-refractivity contribution is 6.13. The van der Waals surface area contributed by atoms with Crippen LogP contribution in [0.1, 0.15) is 0 Å². The van der Waals surface area contributed by atoms with E-state index in [1.807, 2.05) is 12.1 Å². The maximum atomic E-state index is 6.74. The highest BCUT2D eigenvalue weighted by Crippen LogP contribution is 2.47. The van der Waals surface area contributed by atoms with Crippen LogP contribution in [-0.2, 0) is 0 Å². The normalized spacial score (nSPS) is 11.9. The predicted molar refractivity (Wildman–Crippen MR) is 233 cm³/mol. The summed E-state index contributed by atoms with van der Waals surface area (Å²) in [5.41, 5.74) is 12.1. The van der Waals surface area contributed by atoms with E-state index in [1.54, 1.807) is 0 Å².